The van der Waals surface area contributed by atoms with E-state index in [1.807, 2.05) is 17.5 Å². The maximum Gasteiger partial charge on any atom is 0.105 e. The molecular formula is C16H21NOS. The first-order valence-electron chi connectivity index (χ1n) is 6.82. The number of para-hydroxylation sites is 1. The first-order valence-corrected chi connectivity index (χ1v) is 7.70. The highest BCUT2D eigenvalue weighted by atomic mass is 32.1. The van der Waals surface area contributed by atoms with E-state index in [0.717, 1.165) is 17.7 Å². The van der Waals surface area contributed by atoms with Crippen molar-refractivity contribution in [2.75, 3.05) is 11.9 Å². The second kappa shape index (κ2) is 6.73. The number of nitrogens with one attached hydrogen (secondary N) is 1. The molecule has 3 heteroatoms. The Hall–Kier alpha value is -1.32. The molecular weight excluding hydrogens is 254 g/mol. The van der Waals surface area contributed by atoms with Gasteiger partial charge in [-0.2, -0.15) is 0 Å². The van der Waals surface area contributed by atoms with Crippen molar-refractivity contribution < 1.29 is 5.11 Å². The molecule has 0 spiro atoms. The predicted octanol–water partition coefficient (Wildman–Crippen LogP) is 4.02. The molecule has 1 aromatic carbocycles. The van der Waals surface area contributed by atoms with Gasteiger partial charge in [0, 0.05) is 17.1 Å². The smallest absolute Gasteiger partial charge is 0.105 e. The lowest BCUT2D eigenvalue weighted by Gasteiger charge is -2.17. The fourth-order valence-electron chi connectivity index (χ4n) is 2.25. The number of anilines is 1. The maximum atomic E-state index is 10.1. The fraction of sp³-hybridized carbons (Fsp3) is 0.375. The molecule has 102 valence electrons. The molecule has 0 radical (unpaired) electrons. The second-order valence-electron chi connectivity index (χ2n) is 4.57. The Morgan fingerprint density at radius 3 is 2.32 bits per heavy atom. The molecule has 0 saturated heterocycles. The molecule has 0 aliphatic carbocycles. The van der Waals surface area contributed by atoms with Crippen LogP contribution in [0.2, 0.25) is 0 Å². The zero-order chi connectivity index (χ0) is 13.7. The molecule has 2 nitrogen and oxygen atoms in total. The van der Waals surface area contributed by atoms with Crippen LogP contribution in [0.1, 0.15) is 36.0 Å². The molecule has 1 heterocycles. The van der Waals surface area contributed by atoms with Crippen LogP contribution in [-0.2, 0) is 12.8 Å². The predicted molar refractivity (Wildman–Crippen MR) is 83.0 cm³/mol. The summed E-state index contributed by atoms with van der Waals surface area (Å²) in [4.78, 5) is 1.01. The highest BCUT2D eigenvalue weighted by Crippen LogP contribution is 2.25. The van der Waals surface area contributed by atoms with Crippen LogP contribution >= 0.6 is 11.3 Å². The number of aryl methyl sites for hydroxylation is 2. The van der Waals surface area contributed by atoms with Crippen LogP contribution in [0, 0.1) is 0 Å². The number of hydrogen-bond donors (Lipinski definition) is 2. The van der Waals surface area contributed by atoms with Gasteiger partial charge >= 0.3 is 0 Å². The van der Waals surface area contributed by atoms with Gasteiger partial charge in [-0.3, -0.25) is 0 Å². The lowest BCUT2D eigenvalue weighted by molar-refractivity contribution is 0.195. The van der Waals surface area contributed by atoms with E-state index in [-0.39, 0.29) is 0 Å². The van der Waals surface area contributed by atoms with Crippen LogP contribution in [0.3, 0.4) is 0 Å². The van der Waals surface area contributed by atoms with Gasteiger partial charge in [0.05, 0.1) is 0 Å². The van der Waals surface area contributed by atoms with Gasteiger partial charge in [-0.1, -0.05) is 38.1 Å². The second-order valence-corrected chi connectivity index (χ2v) is 5.55. The summed E-state index contributed by atoms with van der Waals surface area (Å²) in [5.74, 6) is 0. The molecule has 1 aromatic heterocycles. The Morgan fingerprint density at radius 2 is 1.79 bits per heavy atom. The monoisotopic (exact) mass is 275 g/mol. The van der Waals surface area contributed by atoms with Crippen LogP contribution < -0.4 is 5.32 Å². The summed E-state index contributed by atoms with van der Waals surface area (Å²) in [6.45, 7) is 4.88. The third kappa shape index (κ3) is 3.37. The van der Waals surface area contributed by atoms with Gasteiger partial charge in [-0.05, 0) is 35.4 Å². The Kier molecular flexibility index (Phi) is 5.00. The van der Waals surface area contributed by atoms with Crippen molar-refractivity contribution in [1.29, 1.82) is 0 Å². The first-order chi connectivity index (χ1) is 9.26. The third-order valence-electron chi connectivity index (χ3n) is 3.34. The van der Waals surface area contributed by atoms with Gasteiger partial charge < -0.3 is 10.4 Å². The average molecular weight is 275 g/mol. The van der Waals surface area contributed by atoms with E-state index < -0.39 is 6.10 Å². The summed E-state index contributed by atoms with van der Waals surface area (Å²) in [6, 6.07) is 10.4. The highest BCUT2D eigenvalue weighted by molar-refractivity contribution is 7.10. The minimum atomic E-state index is -0.436. The van der Waals surface area contributed by atoms with Crippen LogP contribution in [0.4, 0.5) is 5.69 Å². The summed E-state index contributed by atoms with van der Waals surface area (Å²) >= 11 is 1.60. The normalized spacial score (nSPS) is 12.4. The molecule has 1 unspecified atom stereocenters. The zero-order valence-corrected chi connectivity index (χ0v) is 12.3. The van der Waals surface area contributed by atoms with E-state index in [0.29, 0.717) is 6.54 Å². The van der Waals surface area contributed by atoms with Crippen molar-refractivity contribution in [2.45, 2.75) is 32.8 Å². The van der Waals surface area contributed by atoms with Crippen molar-refractivity contribution in [3.05, 3.63) is 51.7 Å². The van der Waals surface area contributed by atoms with Gasteiger partial charge in [0.2, 0.25) is 0 Å². The first kappa shape index (κ1) is 14.1. The lowest BCUT2D eigenvalue weighted by atomic mass is 10.0. The lowest BCUT2D eigenvalue weighted by Crippen LogP contribution is -2.13. The molecule has 19 heavy (non-hydrogen) atoms. The fourth-order valence-corrected chi connectivity index (χ4v) is 2.96. The van der Waals surface area contributed by atoms with Crippen molar-refractivity contribution in [3.8, 4) is 0 Å². The minimum absolute atomic E-state index is 0.436. The third-order valence-corrected chi connectivity index (χ3v) is 4.32. The zero-order valence-electron chi connectivity index (χ0n) is 11.5. The van der Waals surface area contributed by atoms with Gasteiger partial charge in [0.1, 0.15) is 6.10 Å². The number of thiophene rings is 1. The maximum absolute atomic E-state index is 10.1. The molecule has 2 N–H and O–H groups in total. The van der Waals surface area contributed by atoms with Gasteiger partial charge in [0.15, 0.2) is 0 Å². The standard InChI is InChI=1S/C16H21NOS/c1-3-12-7-5-8-13(4-2)16(12)17-11-14(18)15-9-6-10-19-15/h5-10,14,17-18H,3-4,11H2,1-2H3. The van der Waals surface area contributed by atoms with E-state index >= 15 is 0 Å². The molecule has 1 atom stereocenters. The van der Waals surface area contributed by atoms with Crippen molar-refractivity contribution in [2.24, 2.45) is 0 Å². The number of benzene rings is 1. The Bertz CT molecular complexity index is 485. The molecule has 0 bridgehead atoms. The Labute approximate surface area is 119 Å². The number of hydrogen-bond acceptors (Lipinski definition) is 3. The SMILES string of the molecule is CCc1cccc(CC)c1NCC(O)c1cccs1. The van der Waals surface area contributed by atoms with Crippen LogP contribution in [0.25, 0.3) is 0 Å². The molecule has 0 fully saturated rings. The van der Waals surface area contributed by atoms with Crippen LogP contribution in [0.5, 0.6) is 0 Å². The van der Waals surface area contributed by atoms with Crippen molar-refractivity contribution in [1.82, 2.24) is 0 Å². The molecule has 0 aliphatic heterocycles. The highest BCUT2D eigenvalue weighted by Gasteiger charge is 2.11. The van der Waals surface area contributed by atoms with Crippen molar-refractivity contribution in [3.63, 3.8) is 0 Å². The van der Waals surface area contributed by atoms with Gasteiger partial charge in [-0.25, -0.2) is 0 Å². The Morgan fingerprint density at radius 1 is 1.11 bits per heavy atom. The van der Waals surface area contributed by atoms with E-state index in [1.165, 1.54) is 16.8 Å². The van der Waals surface area contributed by atoms with E-state index in [1.54, 1.807) is 11.3 Å². The molecule has 0 saturated carbocycles. The van der Waals surface area contributed by atoms with Crippen molar-refractivity contribution >= 4 is 17.0 Å². The summed E-state index contributed by atoms with van der Waals surface area (Å²) in [6.07, 6.45) is 1.57. The molecule has 0 amide bonds. The number of aliphatic hydroxyl groups is 1. The molecule has 2 aromatic rings. The largest absolute Gasteiger partial charge is 0.386 e. The topological polar surface area (TPSA) is 32.3 Å². The summed E-state index contributed by atoms with van der Waals surface area (Å²) in [5.41, 5.74) is 3.83. The number of rotatable bonds is 6. The molecule has 0 aliphatic rings. The van der Waals surface area contributed by atoms with Crippen LogP contribution in [0.15, 0.2) is 35.7 Å². The van der Waals surface area contributed by atoms with Gasteiger partial charge in [-0.15, -0.1) is 11.3 Å². The quantitative estimate of drug-likeness (QED) is 0.834. The summed E-state index contributed by atoms with van der Waals surface area (Å²) in [5, 5.41) is 15.6. The summed E-state index contributed by atoms with van der Waals surface area (Å²) < 4.78 is 0. The summed E-state index contributed by atoms with van der Waals surface area (Å²) in [7, 11) is 0. The van der Waals surface area contributed by atoms with E-state index in [9.17, 15) is 5.11 Å². The van der Waals surface area contributed by atoms with E-state index in [2.05, 4.69) is 37.4 Å². The average Bonchev–Trinajstić information content (AvgIpc) is 2.98. The molecule has 2 rings (SSSR count). The number of aliphatic hydroxyl groups excluding tert-OH is 1. The minimum Gasteiger partial charge on any atom is -0.386 e. The van der Waals surface area contributed by atoms with Crippen LogP contribution in [-0.4, -0.2) is 11.7 Å². The Balaban J connectivity index is 2.10. The van der Waals surface area contributed by atoms with E-state index in [4.69, 9.17) is 0 Å². The van der Waals surface area contributed by atoms with Gasteiger partial charge in [0.25, 0.3) is 0 Å².